The van der Waals surface area contributed by atoms with Gasteiger partial charge in [-0.15, -0.1) is 0 Å². The first-order valence-electron chi connectivity index (χ1n) is 18.1. The summed E-state index contributed by atoms with van der Waals surface area (Å²) in [4.78, 5) is 0. The van der Waals surface area contributed by atoms with Gasteiger partial charge < -0.3 is 4.74 Å². The molecule has 0 aliphatic rings. The highest BCUT2D eigenvalue weighted by Gasteiger charge is 2.20. The summed E-state index contributed by atoms with van der Waals surface area (Å²) in [6, 6.07) is 14.0. The lowest BCUT2D eigenvalue weighted by Gasteiger charge is -2.20. The van der Waals surface area contributed by atoms with Gasteiger partial charge in [-0.25, -0.2) is 30.7 Å². The molecule has 0 heterocycles. The van der Waals surface area contributed by atoms with Gasteiger partial charge in [0.1, 0.15) is 17.5 Å². The summed E-state index contributed by atoms with van der Waals surface area (Å²) in [5.41, 5.74) is 5.31. The number of aryl methyl sites for hydroxylation is 2. The van der Waals surface area contributed by atoms with E-state index in [4.69, 9.17) is 4.74 Å². The molecular weight excluding hydrogens is 701 g/mol. The first-order valence-corrected chi connectivity index (χ1v) is 18.1. The molecule has 0 aliphatic carbocycles. The number of benzene rings is 4. The first kappa shape index (κ1) is 48.2. The van der Waals surface area contributed by atoms with Crippen LogP contribution in [0.15, 0.2) is 54.6 Å². The Hall–Kier alpha value is -3.81. The molecule has 0 aromatic heterocycles. The maximum Gasteiger partial charge on any atom is 0.235 e. The van der Waals surface area contributed by atoms with Crippen molar-refractivity contribution < 1.29 is 35.5 Å². The lowest BCUT2D eigenvalue weighted by Crippen LogP contribution is -2.12. The molecule has 1 unspecified atom stereocenters. The van der Waals surface area contributed by atoms with Crippen LogP contribution in [0.3, 0.4) is 0 Å². The number of alkyl halides is 1. The van der Waals surface area contributed by atoms with Crippen LogP contribution in [0.5, 0.6) is 5.75 Å². The summed E-state index contributed by atoms with van der Waals surface area (Å²) in [5, 5.41) is 0. The molecule has 300 valence electrons. The second kappa shape index (κ2) is 18.7. The van der Waals surface area contributed by atoms with E-state index in [1.54, 1.807) is 31.2 Å². The molecule has 1 atom stereocenters. The van der Waals surface area contributed by atoms with Gasteiger partial charge in [0.2, 0.25) is 6.36 Å². The topological polar surface area (TPSA) is 9.23 Å². The van der Waals surface area contributed by atoms with E-state index in [1.165, 1.54) is 38.1 Å². The van der Waals surface area contributed by atoms with Crippen molar-refractivity contribution >= 4 is 0 Å². The van der Waals surface area contributed by atoms with Crippen LogP contribution in [-0.4, -0.2) is 6.36 Å². The molecule has 54 heavy (non-hydrogen) atoms. The zero-order valence-corrected chi connectivity index (χ0v) is 35.3. The Labute approximate surface area is 320 Å². The van der Waals surface area contributed by atoms with Crippen molar-refractivity contribution in [1.29, 1.82) is 0 Å². The van der Waals surface area contributed by atoms with E-state index >= 15 is 0 Å². The van der Waals surface area contributed by atoms with Crippen molar-refractivity contribution in [1.82, 2.24) is 0 Å². The van der Waals surface area contributed by atoms with Crippen LogP contribution in [0, 0.1) is 62.6 Å². The Morgan fingerprint density at radius 1 is 0.426 bits per heavy atom. The van der Waals surface area contributed by atoms with E-state index in [9.17, 15) is 30.7 Å². The van der Waals surface area contributed by atoms with Crippen LogP contribution < -0.4 is 4.74 Å². The minimum absolute atomic E-state index is 0.0271. The summed E-state index contributed by atoms with van der Waals surface area (Å²) >= 11 is 0. The molecule has 0 spiro atoms. The minimum atomic E-state index is -1.50. The summed E-state index contributed by atoms with van der Waals surface area (Å²) in [5.74, 6) is -3.09. The Balaban J connectivity index is 0.000000361. The Morgan fingerprint density at radius 2 is 0.778 bits per heavy atom. The van der Waals surface area contributed by atoms with E-state index in [1.807, 2.05) is 76.2 Å². The number of hydrogen-bond acceptors (Lipinski definition) is 1. The fourth-order valence-corrected chi connectivity index (χ4v) is 4.72. The zero-order valence-electron chi connectivity index (χ0n) is 35.3. The predicted molar refractivity (Wildman–Crippen MR) is 210 cm³/mol. The van der Waals surface area contributed by atoms with Gasteiger partial charge in [-0.1, -0.05) is 101 Å². The van der Waals surface area contributed by atoms with Crippen LogP contribution in [0.1, 0.15) is 135 Å². The molecule has 0 fully saturated rings. The average molecular weight is 763 g/mol. The third-order valence-electron chi connectivity index (χ3n) is 8.78. The third-order valence-corrected chi connectivity index (χ3v) is 8.78. The van der Waals surface area contributed by atoms with E-state index < -0.39 is 35.4 Å². The highest BCUT2D eigenvalue weighted by molar-refractivity contribution is 5.36. The molecule has 0 aliphatic heterocycles. The van der Waals surface area contributed by atoms with Crippen LogP contribution >= 0.6 is 0 Å². The fraction of sp³-hybridized carbons (Fsp3) is 0.478. The minimum Gasteiger partial charge on any atom is -0.458 e. The van der Waals surface area contributed by atoms with Gasteiger partial charge in [0.15, 0.2) is 23.2 Å². The Kier molecular flexibility index (Phi) is 16.7. The van der Waals surface area contributed by atoms with Crippen LogP contribution in [-0.2, 0) is 21.7 Å². The zero-order chi connectivity index (χ0) is 42.3. The van der Waals surface area contributed by atoms with Crippen molar-refractivity contribution in [2.45, 2.75) is 146 Å². The van der Waals surface area contributed by atoms with Gasteiger partial charge in [0, 0.05) is 12.5 Å². The van der Waals surface area contributed by atoms with Gasteiger partial charge in [-0.2, -0.15) is 0 Å². The predicted octanol–water partition coefficient (Wildman–Crippen LogP) is 14.7. The van der Waals surface area contributed by atoms with Crippen molar-refractivity contribution in [2.75, 3.05) is 0 Å². The fourth-order valence-electron chi connectivity index (χ4n) is 4.72. The highest BCUT2D eigenvalue weighted by atomic mass is 19.2. The maximum atomic E-state index is 13.4. The lowest BCUT2D eigenvalue weighted by molar-refractivity contribution is 0.0812. The molecule has 8 heteroatoms. The maximum absolute atomic E-state index is 13.4. The molecule has 0 bridgehead atoms. The van der Waals surface area contributed by atoms with Crippen molar-refractivity contribution in [3.8, 4) is 5.75 Å². The number of ether oxygens (including phenoxy) is 1. The molecule has 0 saturated carbocycles. The molecule has 0 amide bonds. The van der Waals surface area contributed by atoms with Crippen LogP contribution in [0.2, 0.25) is 0 Å². The molecule has 4 aromatic carbocycles. The van der Waals surface area contributed by atoms with E-state index in [2.05, 4.69) is 26.8 Å². The van der Waals surface area contributed by atoms with Crippen molar-refractivity contribution in [3.63, 3.8) is 0 Å². The standard InChI is InChI=1S/C12H16F2O.C12H17F.2C11H14F2/c1-8(13)15-11-7-9(12(2,3)4)5-6-10(11)14;1-8-6-10(12(3,4)5)7-11(13)9(8)2;1-7-9(12)5-8(6-10(7)13)11(2,3)4;1-7-5-8(11(2,3)4)6-9(12)10(7)13/h5-8H,1-4H3;6-7H,1-5H3;2*5-6H,1-4H3. The Bertz CT molecular complexity index is 1620. The largest absolute Gasteiger partial charge is 0.458 e. The molecule has 4 aromatic rings. The third kappa shape index (κ3) is 14.8. The first-order chi connectivity index (χ1) is 24.3. The summed E-state index contributed by atoms with van der Waals surface area (Å²) in [7, 11) is 0. The summed E-state index contributed by atoms with van der Waals surface area (Å²) in [6.07, 6.45) is -1.50. The monoisotopic (exact) mass is 762 g/mol. The normalized spacial score (nSPS) is 12.4. The summed E-state index contributed by atoms with van der Waals surface area (Å²) in [6.45, 7) is 32.0. The van der Waals surface area contributed by atoms with Gasteiger partial charge >= 0.3 is 0 Å². The SMILES string of the molecule is CC(F)Oc1cc(C(C)(C)C)ccc1F.Cc1c(F)cc(C(C)(C)C)cc1F.Cc1cc(C(C)(C)C)cc(F)c1C.Cc1cc(C(C)(C)C)cc(F)c1F. The number of rotatable bonds is 2. The van der Waals surface area contributed by atoms with Crippen LogP contribution in [0.4, 0.5) is 30.7 Å². The van der Waals surface area contributed by atoms with E-state index in [0.29, 0.717) is 11.1 Å². The highest BCUT2D eigenvalue weighted by Crippen LogP contribution is 2.30. The second-order valence-electron chi connectivity index (χ2n) is 17.9. The Morgan fingerprint density at radius 3 is 1.13 bits per heavy atom. The number of halogens is 7. The number of hydrogen-bond donors (Lipinski definition) is 0. The molecule has 0 N–H and O–H groups in total. The molecule has 0 radical (unpaired) electrons. The molecule has 0 saturated heterocycles. The van der Waals surface area contributed by atoms with Gasteiger partial charge in [-0.05, 0) is 125 Å². The van der Waals surface area contributed by atoms with Crippen molar-refractivity contribution in [2.24, 2.45) is 0 Å². The molecule has 1 nitrogen and oxygen atoms in total. The lowest BCUT2D eigenvalue weighted by atomic mass is 9.85. The molecular formula is C46H61F7O. The quantitative estimate of drug-likeness (QED) is 0.185. The van der Waals surface area contributed by atoms with Crippen molar-refractivity contribution in [3.05, 3.63) is 134 Å². The molecule has 4 rings (SSSR count). The van der Waals surface area contributed by atoms with E-state index in [0.717, 1.165) is 27.8 Å². The smallest absolute Gasteiger partial charge is 0.235 e. The van der Waals surface area contributed by atoms with Gasteiger partial charge in [-0.3, -0.25) is 0 Å². The van der Waals surface area contributed by atoms with Crippen LogP contribution in [0.25, 0.3) is 0 Å². The van der Waals surface area contributed by atoms with Gasteiger partial charge in [0.05, 0.1) is 0 Å². The second-order valence-corrected chi connectivity index (χ2v) is 17.9. The summed E-state index contributed by atoms with van der Waals surface area (Å²) < 4.78 is 96.1. The van der Waals surface area contributed by atoms with E-state index in [-0.39, 0.29) is 38.8 Å². The van der Waals surface area contributed by atoms with Gasteiger partial charge in [0.25, 0.3) is 0 Å². The average Bonchev–Trinajstić information content (AvgIpc) is 3.00.